The van der Waals surface area contributed by atoms with Crippen molar-refractivity contribution in [2.45, 2.75) is 68.1 Å². The molecule has 234 valence electrons. The number of nitrogens with one attached hydrogen (secondary N) is 2. The summed E-state index contributed by atoms with van der Waals surface area (Å²) in [5.41, 5.74) is -4.08. The first-order valence-corrected chi connectivity index (χ1v) is 14.6. The van der Waals surface area contributed by atoms with E-state index in [1.54, 1.807) is 0 Å². The van der Waals surface area contributed by atoms with Crippen LogP contribution in [0.25, 0.3) is 5.57 Å². The maximum Gasteiger partial charge on any atom is 0.416 e. The van der Waals surface area contributed by atoms with Crippen LogP contribution in [-0.4, -0.2) is 52.7 Å². The Morgan fingerprint density at radius 1 is 1.09 bits per heavy atom. The number of carbonyl (C=O) groups excluding carboxylic acids is 2. The van der Waals surface area contributed by atoms with Crippen LogP contribution < -0.4 is 19.5 Å². The number of nitrogens with zero attached hydrogens (tertiary/aromatic N) is 1. The standard InChI is InChI=1S/C28H29F6N3O5S/c1-41-22-12-5-17(16-35-22)21-15-26(28(32,33)34,36-24(38)23(21)25(39)37-43(40)20-10-11-20)18-6-8-19(9-7-18)42-14-4-2-3-13-27(29,30)31/h5-9,12,16,20H,2-4,10-11,13-15H2,1H3,(H,36,38)(H,37,39)/t26-,43?/m0/s1. The van der Waals surface area contributed by atoms with E-state index in [1.807, 2.05) is 5.32 Å². The first-order valence-electron chi connectivity index (χ1n) is 13.4. The lowest BCUT2D eigenvalue weighted by atomic mass is 9.76. The van der Waals surface area contributed by atoms with Crippen molar-refractivity contribution in [3.05, 3.63) is 59.3 Å². The molecule has 1 fully saturated rings. The Balaban J connectivity index is 1.61. The van der Waals surface area contributed by atoms with E-state index in [9.17, 15) is 40.5 Å². The van der Waals surface area contributed by atoms with Gasteiger partial charge in [0.15, 0.2) is 5.54 Å². The second kappa shape index (κ2) is 13.0. The molecule has 1 unspecified atom stereocenters. The minimum Gasteiger partial charge on any atom is -0.593 e. The molecule has 1 aliphatic carbocycles. The number of pyridine rings is 1. The molecule has 2 aromatic rings. The van der Waals surface area contributed by atoms with E-state index in [4.69, 9.17) is 9.47 Å². The van der Waals surface area contributed by atoms with Gasteiger partial charge in [0.05, 0.1) is 25.1 Å². The first-order chi connectivity index (χ1) is 20.2. The molecule has 4 rings (SSSR count). The van der Waals surface area contributed by atoms with Crippen molar-refractivity contribution < 1.29 is 50.0 Å². The average Bonchev–Trinajstić information content (AvgIpc) is 3.79. The van der Waals surface area contributed by atoms with Crippen molar-refractivity contribution >= 4 is 28.7 Å². The van der Waals surface area contributed by atoms with Gasteiger partial charge < -0.3 is 19.3 Å². The third kappa shape index (κ3) is 7.93. The molecule has 15 heteroatoms. The number of ether oxygens (including phenoxy) is 2. The summed E-state index contributed by atoms with van der Waals surface area (Å²) < 4.78 is 107. The Kier molecular flexibility index (Phi) is 9.84. The Labute approximate surface area is 246 Å². The summed E-state index contributed by atoms with van der Waals surface area (Å²) >= 11 is -1.80. The number of amides is 2. The smallest absolute Gasteiger partial charge is 0.416 e. The number of benzene rings is 1. The van der Waals surface area contributed by atoms with Gasteiger partial charge in [0.25, 0.3) is 11.8 Å². The van der Waals surface area contributed by atoms with Gasteiger partial charge >= 0.3 is 12.4 Å². The van der Waals surface area contributed by atoms with Gasteiger partial charge in [0.2, 0.25) is 5.88 Å². The lowest BCUT2D eigenvalue weighted by Gasteiger charge is -2.41. The quantitative estimate of drug-likeness (QED) is 0.143. The molecule has 1 saturated carbocycles. The third-order valence-corrected chi connectivity index (χ3v) is 8.51. The highest BCUT2D eigenvalue weighted by atomic mass is 32.2. The summed E-state index contributed by atoms with van der Waals surface area (Å²) in [4.78, 5) is 30.4. The number of halogens is 6. The molecule has 0 spiro atoms. The second-order valence-electron chi connectivity index (χ2n) is 10.2. The predicted molar refractivity (Wildman–Crippen MR) is 144 cm³/mol. The van der Waals surface area contributed by atoms with Gasteiger partial charge in [-0.1, -0.05) is 12.1 Å². The van der Waals surface area contributed by atoms with Crippen molar-refractivity contribution in [1.82, 2.24) is 15.0 Å². The highest BCUT2D eigenvalue weighted by Crippen LogP contribution is 2.48. The second-order valence-corrected chi connectivity index (χ2v) is 11.7. The molecule has 2 N–H and O–H groups in total. The molecule has 1 aromatic heterocycles. The fourth-order valence-electron chi connectivity index (χ4n) is 4.60. The molecule has 0 saturated heterocycles. The molecule has 2 heterocycles. The lowest BCUT2D eigenvalue weighted by Crippen LogP contribution is -2.60. The number of hydrogen-bond donors (Lipinski definition) is 2. The van der Waals surface area contributed by atoms with E-state index in [2.05, 4.69) is 9.71 Å². The average molecular weight is 634 g/mol. The van der Waals surface area contributed by atoms with Crippen LogP contribution in [0.5, 0.6) is 11.6 Å². The highest BCUT2D eigenvalue weighted by molar-refractivity contribution is 7.91. The summed E-state index contributed by atoms with van der Waals surface area (Å²) in [5, 5.41) is 1.72. The zero-order valence-corrected chi connectivity index (χ0v) is 23.8. The van der Waals surface area contributed by atoms with Gasteiger partial charge in [-0.3, -0.25) is 9.59 Å². The van der Waals surface area contributed by atoms with E-state index in [0.717, 1.165) is 12.1 Å². The molecule has 0 radical (unpaired) electrons. The third-order valence-electron chi connectivity index (χ3n) is 7.04. The molecular formula is C28H29F6N3O5S. The Bertz CT molecular complexity index is 1330. The highest BCUT2D eigenvalue weighted by Gasteiger charge is 2.60. The molecule has 8 nitrogen and oxygen atoms in total. The van der Waals surface area contributed by atoms with Gasteiger partial charge in [-0.25, -0.2) is 4.98 Å². The van der Waals surface area contributed by atoms with Crippen LogP contribution in [0.4, 0.5) is 26.3 Å². The number of rotatable bonds is 12. The van der Waals surface area contributed by atoms with E-state index in [-0.39, 0.29) is 53.0 Å². The monoisotopic (exact) mass is 633 g/mol. The molecule has 1 aromatic carbocycles. The fourth-order valence-corrected chi connectivity index (χ4v) is 5.62. The van der Waals surface area contributed by atoms with Gasteiger partial charge in [-0.05, 0) is 54.2 Å². The van der Waals surface area contributed by atoms with Crippen molar-refractivity contribution in [3.8, 4) is 11.6 Å². The number of carbonyl (C=O) groups is 2. The number of hydrogen-bond acceptors (Lipinski definition) is 6. The molecular weight excluding hydrogens is 604 g/mol. The summed E-state index contributed by atoms with van der Waals surface area (Å²) in [6.45, 7) is 0.0659. The van der Waals surface area contributed by atoms with Crippen molar-refractivity contribution in [3.63, 3.8) is 0 Å². The maximum atomic E-state index is 14.9. The normalized spacial score (nSPS) is 20.0. The summed E-state index contributed by atoms with van der Waals surface area (Å²) in [6.07, 6.45) is -8.12. The van der Waals surface area contributed by atoms with Gasteiger partial charge in [-0.15, -0.1) is 0 Å². The summed E-state index contributed by atoms with van der Waals surface area (Å²) in [7, 11) is 1.34. The van der Waals surface area contributed by atoms with Crippen LogP contribution in [0.15, 0.2) is 48.2 Å². The maximum absolute atomic E-state index is 14.9. The molecule has 2 amide bonds. The van der Waals surface area contributed by atoms with E-state index >= 15 is 0 Å². The Hall–Kier alpha value is -3.46. The van der Waals surface area contributed by atoms with Crippen LogP contribution >= 0.6 is 0 Å². The van der Waals surface area contributed by atoms with Crippen LogP contribution in [-0.2, 0) is 26.5 Å². The van der Waals surface area contributed by atoms with Crippen molar-refractivity contribution in [1.29, 1.82) is 0 Å². The van der Waals surface area contributed by atoms with Crippen LogP contribution in [0, 0.1) is 0 Å². The van der Waals surface area contributed by atoms with E-state index < -0.39 is 59.5 Å². The SMILES string of the molecule is COc1ccc(C2=C(C(=O)N[S+]([O-])C3CC3)C(=O)N[C@@](c3ccc(OCCCCCC(F)(F)F)cc3)(C(F)(F)F)C2)cn1. The zero-order valence-electron chi connectivity index (χ0n) is 22.9. The summed E-state index contributed by atoms with van der Waals surface area (Å²) in [6, 6.07) is 7.54. The van der Waals surface area contributed by atoms with Crippen molar-refractivity contribution in [2.75, 3.05) is 13.7 Å². The minimum absolute atomic E-state index is 0.0599. The Morgan fingerprint density at radius 3 is 2.35 bits per heavy atom. The van der Waals surface area contributed by atoms with Gasteiger partial charge in [0, 0.05) is 37.9 Å². The minimum atomic E-state index is -5.03. The van der Waals surface area contributed by atoms with E-state index in [1.165, 1.54) is 37.6 Å². The zero-order chi connectivity index (χ0) is 31.4. The predicted octanol–water partition coefficient (Wildman–Crippen LogP) is 5.27. The summed E-state index contributed by atoms with van der Waals surface area (Å²) in [5.74, 6) is -2.03. The molecule has 2 aliphatic rings. The van der Waals surface area contributed by atoms with E-state index in [0.29, 0.717) is 19.3 Å². The van der Waals surface area contributed by atoms with Crippen LogP contribution in [0.2, 0.25) is 0 Å². The fraction of sp³-hybridized carbons (Fsp3) is 0.464. The Morgan fingerprint density at radius 2 is 1.79 bits per heavy atom. The molecule has 43 heavy (non-hydrogen) atoms. The molecule has 0 bridgehead atoms. The lowest BCUT2D eigenvalue weighted by molar-refractivity contribution is -0.201. The molecule has 1 aliphatic heterocycles. The number of unbranched alkanes of at least 4 members (excludes halogenated alkanes) is 2. The molecule has 2 atom stereocenters. The van der Waals surface area contributed by atoms with Crippen LogP contribution in [0.3, 0.4) is 0 Å². The van der Waals surface area contributed by atoms with Crippen molar-refractivity contribution in [2.24, 2.45) is 0 Å². The topological polar surface area (TPSA) is 113 Å². The first kappa shape index (κ1) is 32.5. The number of alkyl halides is 6. The largest absolute Gasteiger partial charge is 0.593 e. The number of aromatic nitrogens is 1. The van der Waals surface area contributed by atoms with Gasteiger partial charge in [-0.2, -0.15) is 31.1 Å². The van der Waals surface area contributed by atoms with Gasteiger partial charge in [0.1, 0.15) is 16.6 Å². The number of methoxy groups -OCH3 is 1. The van der Waals surface area contributed by atoms with Crippen LogP contribution in [0.1, 0.15) is 56.1 Å².